The van der Waals surface area contributed by atoms with Crippen molar-refractivity contribution in [2.45, 2.75) is 25.8 Å². The maximum Gasteiger partial charge on any atom is 0.253 e. The molecule has 1 N–H and O–H groups in total. The summed E-state index contributed by atoms with van der Waals surface area (Å²) in [7, 11) is 0. The van der Waals surface area contributed by atoms with Gasteiger partial charge in [0.15, 0.2) is 0 Å². The van der Waals surface area contributed by atoms with Crippen LogP contribution >= 0.6 is 27.7 Å². The molecular formula is C22H28BrN3O2S. The molecule has 2 aliphatic rings. The van der Waals surface area contributed by atoms with Crippen molar-refractivity contribution in [1.29, 1.82) is 0 Å². The van der Waals surface area contributed by atoms with Gasteiger partial charge in [0.1, 0.15) is 0 Å². The van der Waals surface area contributed by atoms with Crippen molar-refractivity contribution in [3.05, 3.63) is 51.8 Å². The molecule has 2 aromatic rings. The van der Waals surface area contributed by atoms with Crippen molar-refractivity contribution in [2.24, 2.45) is 0 Å². The summed E-state index contributed by atoms with van der Waals surface area (Å²) in [5, 5.41) is 3.27. The Bertz CT molecular complexity index is 869. The number of hydrogen-bond donors (Lipinski definition) is 1. The number of rotatable bonds is 5. The van der Waals surface area contributed by atoms with Gasteiger partial charge >= 0.3 is 0 Å². The number of nitrogens with one attached hydrogen (secondary N) is 1. The van der Waals surface area contributed by atoms with Crippen LogP contribution in [-0.4, -0.2) is 65.3 Å². The quantitative estimate of drug-likeness (QED) is 0.711. The lowest BCUT2D eigenvalue weighted by molar-refractivity contribution is -0.0129. The van der Waals surface area contributed by atoms with E-state index in [0.717, 1.165) is 71.3 Å². The number of thioether (sulfide) groups is 1. The highest BCUT2D eigenvalue weighted by atomic mass is 79.9. The number of ether oxygens (including phenoxy) is 1. The van der Waals surface area contributed by atoms with Crippen LogP contribution in [0.25, 0.3) is 5.69 Å². The summed E-state index contributed by atoms with van der Waals surface area (Å²) in [5.74, 6) is 2.25. The zero-order chi connectivity index (χ0) is 20.4. The Hall–Kier alpha value is -1.28. The standard InChI is InChI=1S/C22H28BrN3O2S/c1-16-13-20(17(2)26(16)19-5-3-18(23)4-6-19)21(27)24-14-22(7-12-29-15-22)25-8-10-28-11-9-25/h3-6,13H,7-12,14-15H2,1-2H3,(H,24,27). The van der Waals surface area contributed by atoms with E-state index in [1.54, 1.807) is 0 Å². The zero-order valence-corrected chi connectivity index (χ0v) is 19.4. The molecular weight excluding hydrogens is 450 g/mol. The van der Waals surface area contributed by atoms with Gasteiger partial charge in [0.2, 0.25) is 0 Å². The minimum Gasteiger partial charge on any atom is -0.379 e. The van der Waals surface area contributed by atoms with Crippen molar-refractivity contribution in [3.8, 4) is 5.69 Å². The molecule has 29 heavy (non-hydrogen) atoms. The van der Waals surface area contributed by atoms with Crippen molar-refractivity contribution in [3.63, 3.8) is 0 Å². The first-order valence-corrected chi connectivity index (χ1v) is 12.1. The number of aromatic nitrogens is 1. The molecule has 1 unspecified atom stereocenters. The molecule has 0 radical (unpaired) electrons. The Balaban J connectivity index is 1.51. The number of hydrogen-bond acceptors (Lipinski definition) is 4. The molecule has 1 atom stereocenters. The van der Waals surface area contributed by atoms with Gasteiger partial charge in [-0.15, -0.1) is 0 Å². The van der Waals surface area contributed by atoms with Gasteiger partial charge < -0.3 is 14.6 Å². The van der Waals surface area contributed by atoms with E-state index in [1.165, 1.54) is 0 Å². The van der Waals surface area contributed by atoms with E-state index in [4.69, 9.17) is 4.74 Å². The number of amides is 1. The van der Waals surface area contributed by atoms with Crippen LogP contribution < -0.4 is 5.32 Å². The van der Waals surface area contributed by atoms with Crippen molar-refractivity contribution in [2.75, 3.05) is 44.4 Å². The highest BCUT2D eigenvalue weighted by molar-refractivity contribution is 9.10. The molecule has 1 amide bonds. The molecule has 0 saturated carbocycles. The number of halogens is 1. The number of aryl methyl sites for hydroxylation is 1. The molecule has 2 aliphatic heterocycles. The monoisotopic (exact) mass is 477 g/mol. The fraction of sp³-hybridized carbons (Fsp3) is 0.500. The number of benzene rings is 1. The SMILES string of the molecule is Cc1cc(C(=O)NCC2(N3CCOCC3)CCSC2)c(C)n1-c1ccc(Br)cc1. The van der Waals surface area contributed by atoms with Crippen LogP contribution in [0, 0.1) is 13.8 Å². The smallest absolute Gasteiger partial charge is 0.253 e. The number of carbonyl (C=O) groups excluding carboxylic acids is 1. The molecule has 1 aromatic heterocycles. The first-order valence-electron chi connectivity index (χ1n) is 10.1. The first-order chi connectivity index (χ1) is 14.0. The number of nitrogens with zero attached hydrogens (tertiary/aromatic N) is 2. The third kappa shape index (κ3) is 4.29. The average Bonchev–Trinajstić information content (AvgIpc) is 3.33. The van der Waals surface area contributed by atoms with Gasteiger partial charge in [0.25, 0.3) is 5.91 Å². The van der Waals surface area contributed by atoms with E-state index in [9.17, 15) is 4.79 Å². The largest absolute Gasteiger partial charge is 0.379 e. The third-order valence-electron chi connectivity index (χ3n) is 6.10. The van der Waals surface area contributed by atoms with E-state index < -0.39 is 0 Å². The van der Waals surface area contributed by atoms with Gasteiger partial charge in [-0.2, -0.15) is 11.8 Å². The topological polar surface area (TPSA) is 46.5 Å². The summed E-state index contributed by atoms with van der Waals surface area (Å²) in [4.78, 5) is 15.6. The molecule has 2 fully saturated rings. The Morgan fingerprint density at radius 2 is 1.97 bits per heavy atom. The maximum atomic E-state index is 13.1. The van der Waals surface area contributed by atoms with E-state index in [2.05, 4.69) is 49.8 Å². The van der Waals surface area contributed by atoms with Gasteiger partial charge in [-0.25, -0.2) is 0 Å². The normalized spacial score (nSPS) is 22.7. The Kier molecular flexibility index (Phi) is 6.39. The molecule has 3 heterocycles. The summed E-state index contributed by atoms with van der Waals surface area (Å²) in [6, 6.07) is 10.2. The van der Waals surface area contributed by atoms with Crippen LogP contribution in [0.5, 0.6) is 0 Å². The van der Waals surface area contributed by atoms with Crippen molar-refractivity contribution < 1.29 is 9.53 Å². The molecule has 1 aromatic carbocycles. The summed E-state index contributed by atoms with van der Waals surface area (Å²) in [6.45, 7) is 8.25. The minimum absolute atomic E-state index is 0.0194. The lowest BCUT2D eigenvalue weighted by Gasteiger charge is -2.43. The van der Waals surface area contributed by atoms with E-state index in [0.29, 0.717) is 6.54 Å². The second-order valence-electron chi connectivity index (χ2n) is 7.91. The van der Waals surface area contributed by atoms with Crippen molar-refractivity contribution >= 4 is 33.6 Å². The van der Waals surface area contributed by atoms with Crippen LogP contribution in [0.2, 0.25) is 0 Å². The Morgan fingerprint density at radius 3 is 2.62 bits per heavy atom. The van der Waals surface area contributed by atoms with Gasteiger partial charge in [0, 0.05) is 52.5 Å². The predicted molar refractivity (Wildman–Crippen MR) is 122 cm³/mol. The molecule has 5 nitrogen and oxygen atoms in total. The fourth-order valence-electron chi connectivity index (χ4n) is 4.45. The lowest BCUT2D eigenvalue weighted by atomic mass is 9.95. The van der Waals surface area contributed by atoms with Gasteiger partial charge in [-0.05, 0) is 56.4 Å². The zero-order valence-electron chi connectivity index (χ0n) is 17.0. The second kappa shape index (κ2) is 8.84. The molecule has 0 aliphatic carbocycles. The van der Waals surface area contributed by atoms with Gasteiger partial charge in [0.05, 0.1) is 18.8 Å². The van der Waals surface area contributed by atoms with Crippen molar-refractivity contribution in [1.82, 2.24) is 14.8 Å². The summed E-state index contributed by atoms with van der Waals surface area (Å²) < 4.78 is 8.73. The van der Waals surface area contributed by atoms with E-state index in [-0.39, 0.29) is 11.4 Å². The Labute approximate surface area is 185 Å². The minimum atomic E-state index is 0.0194. The molecule has 2 saturated heterocycles. The second-order valence-corrected chi connectivity index (χ2v) is 9.93. The first kappa shape index (κ1) is 21.0. The third-order valence-corrected chi connectivity index (χ3v) is 7.87. The number of morpholine rings is 1. The van der Waals surface area contributed by atoms with Gasteiger partial charge in [-0.3, -0.25) is 9.69 Å². The summed E-state index contributed by atoms with van der Waals surface area (Å²) in [6.07, 6.45) is 1.12. The highest BCUT2D eigenvalue weighted by Crippen LogP contribution is 2.34. The summed E-state index contributed by atoms with van der Waals surface area (Å²) >= 11 is 5.48. The van der Waals surface area contributed by atoms with E-state index >= 15 is 0 Å². The van der Waals surface area contributed by atoms with Crippen LogP contribution in [0.3, 0.4) is 0 Å². The molecule has 7 heteroatoms. The Morgan fingerprint density at radius 1 is 1.24 bits per heavy atom. The fourth-order valence-corrected chi connectivity index (χ4v) is 6.20. The van der Waals surface area contributed by atoms with Crippen LogP contribution in [0.1, 0.15) is 28.2 Å². The molecule has 156 valence electrons. The maximum absolute atomic E-state index is 13.1. The molecule has 0 spiro atoms. The molecule has 0 bridgehead atoms. The predicted octanol–water partition coefficient (Wildman–Crippen LogP) is 3.79. The van der Waals surface area contributed by atoms with Crippen LogP contribution in [-0.2, 0) is 4.74 Å². The average molecular weight is 478 g/mol. The summed E-state index contributed by atoms with van der Waals surface area (Å²) in [5.41, 5.74) is 3.92. The van der Waals surface area contributed by atoms with Gasteiger partial charge in [-0.1, -0.05) is 15.9 Å². The van der Waals surface area contributed by atoms with E-state index in [1.807, 2.05) is 36.9 Å². The molecule has 4 rings (SSSR count). The number of carbonyl (C=O) groups is 1. The lowest BCUT2D eigenvalue weighted by Crippen LogP contribution is -2.59. The van der Waals surface area contributed by atoms with Crippen LogP contribution in [0.15, 0.2) is 34.8 Å². The van der Waals surface area contributed by atoms with Crippen LogP contribution in [0.4, 0.5) is 0 Å². The highest BCUT2D eigenvalue weighted by Gasteiger charge is 2.41.